The first-order chi connectivity index (χ1) is 9.00. The zero-order chi connectivity index (χ0) is 14.3. The van der Waals surface area contributed by atoms with Gasteiger partial charge in [-0.3, -0.25) is 9.59 Å². The van der Waals surface area contributed by atoms with Crippen LogP contribution in [0.2, 0.25) is 0 Å². The van der Waals surface area contributed by atoms with Crippen LogP contribution in [-0.2, 0) is 9.59 Å². The molecule has 110 valence electrons. The van der Waals surface area contributed by atoms with Gasteiger partial charge in [-0.05, 0) is 18.8 Å². The summed E-state index contributed by atoms with van der Waals surface area (Å²) in [6, 6.07) is 0. The zero-order valence-electron chi connectivity index (χ0n) is 12.2. The maximum absolute atomic E-state index is 11.9. The second kappa shape index (κ2) is 8.18. The van der Waals surface area contributed by atoms with Gasteiger partial charge in [0.1, 0.15) is 0 Å². The third-order valence-electron chi connectivity index (χ3n) is 4.12. The second-order valence-corrected chi connectivity index (χ2v) is 5.91. The molecule has 19 heavy (non-hydrogen) atoms. The Labute approximate surface area is 116 Å². The second-order valence-electron chi connectivity index (χ2n) is 5.91. The van der Waals surface area contributed by atoms with Crippen molar-refractivity contribution in [2.75, 3.05) is 13.6 Å². The van der Waals surface area contributed by atoms with Gasteiger partial charge in [-0.15, -0.1) is 0 Å². The van der Waals surface area contributed by atoms with Crippen molar-refractivity contribution in [3.8, 4) is 0 Å². The fraction of sp³-hybridized carbons (Fsp3) is 0.867. The summed E-state index contributed by atoms with van der Waals surface area (Å²) in [5, 5.41) is 8.82. The van der Waals surface area contributed by atoms with Gasteiger partial charge in [-0.25, -0.2) is 0 Å². The molecule has 1 saturated carbocycles. The number of carbonyl (C=O) groups excluding carboxylic acids is 1. The predicted octanol–water partition coefficient (Wildman–Crippen LogP) is 2.92. The van der Waals surface area contributed by atoms with Crippen LogP contribution in [0.4, 0.5) is 0 Å². The lowest BCUT2D eigenvalue weighted by Gasteiger charge is -2.22. The molecule has 1 aliphatic rings. The number of nitrogens with zero attached hydrogens (tertiary/aromatic N) is 1. The largest absolute Gasteiger partial charge is 0.481 e. The average molecular weight is 269 g/mol. The topological polar surface area (TPSA) is 57.6 Å². The molecule has 1 amide bonds. The van der Waals surface area contributed by atoms with Crippen LogP contribution in [0.3, 0.4) is 0 Å². The maximum atomic E-state index is 11.9. The zero-order valence-corrected chi connectivity index (χ0v) is 12.2. The first kappa shape index (κ1) is 16.0. The standard InChI is InChI=1S/C15H27NO3/c1-12(15(18)19)11-16(2)14(17)10-6-9-13-7-4-3-5-8-13/h12-13H,3-11H2,1-2H3,(H,18,19). The third kappa shape index (κ3) is 6.08. The van der Waals surface area contributed by atoms with Crippen LogP contribution in [0.5, 0.6) is 0 Å². The maximum Gasteiger partial charge on any atom is 0.308 e. The Morgan fingerprint density at radius 2 is 1.89 bits per heavy atom. The number of hydrogen-bond donors (Lipinski definition) is 1. The van der Waals surface area contributed by atoms with E-state index in [0.717, 1.165) is 18.8 Å². The average Bonchev–Trinajstić information content (AvgIpc) is 2.39. The van der Waals surface area contributed by atoms with E-state index in [4.69, 9.17) is 5.11 Å². The Kier molecular flexibility index (Phi) is 6.89. The molecule has 1 aliphatic carbocycles. The van der Waals surface area contributed by atoms with Gasteiger partial charge in [0.2, 0.25) is 5.91 Å². The van der Waals surface area contributed by atoms with Crippen LogP contribution in [0.25, 0.3) is 0 Å². The summed E-state index contributed by atoms with van der Waals surface area (Å²) in [4.78, 5) is 24.2. The molecule has 0 heterocycles. The number of amides is 1. The molecular formula is C15H27NO3. The molecule has 1 rings (SSSR count). The van der Waals surface area contributed by atoms with Gasteiger partial charge in [0.15, 0.2) is 0 Å². The van der Waals surface area contributed by atoms with E-state index in [1.807, 2.05) is 0 Å². The van der Waals surface area contributed by atoms with Crippen molar-refractivity contribution in [3.63, 3.8) is 0 Å². The highest BCUT2D eigenvalue weighted by Crippen LogP contribution is 2.27. The molecule has 0 aromatic carbocycles. The summed E-state index contributed by atoms with van der Waals surface area (Å²) >= 11 is 0. The highest BCUT2D eigenvalue weighted by molar-refractivity contribution is 5.77. The van der Waals surface area contributed by atoms with Gasteiger partial charge < -0.3 is 10.0 Å². The molecule has 0 radical (unpaired) electrons. The minimum absolute atomic E-state index is 0.0731. The van der Waals surface area contributed by atoms with Crippen molar-refractivity contribution in [1.29, 1.82) is 0 Å². The van der Waals surface area contributed by atoms with E-state index in [1.165, 1.54) is 32.1 Å². The molecule has 0 aromatic rings. The van der Waals surface area contributed by atoms with E-state index in [9.17, 15) is 9.59 Å². The number of carboxylic acid groups (broad SMARTS) is 1. The van der Waals surface area contributed by atoms with Gasteiger partial charge >= 0.3 is 5.97 Å². The van der Waals surface area contributed by atoms with Crippen molar-refractivity contribution in [2.24, 2.45) is 11.8 Å². The fourth-order valence-corrected chi connectivity index (χ4v) is 2.80. The first-order valence-corrected chi connectivity index (χ1v) is 7.47. The van der Waals surface area contributed by atoms with Crippen molar-refractivity contribution in [3.05, 3.63) is 0 Å². The fourth-order valence-electron chi connectivity index (χ4n) is 2.80. The highest BCUT2D eigenvalue weighted by Gasteiger charge is 2.18. The smallest absolute Gasteiger partial charge is 0.308 e. The van der Waals surface area contributed by atoms with Crippen molar-refractivity contribution in [2.45, 2.75) is 58.3 Å². The molecule has 1 N–H and O–H groups in total. The Hall–Kier alpha value is -1.06. The van der Waals surface area contributed by atoms with E-state index < -0.39 is 11.9 Å². The lowest BCUT2D eigenvalue weighted by atomic mass is 9.86. The summed E-state index contributed by atoms with van der Waals surface area (Å²) < 4.78 is 0. The molecule has 0 spiro atoms. The monoisotopic (exact) mass is 269 g/mol. The van der Waals surface area contributed by atoms with E-state index in [2.05, 4.69) is 0 Å². The Morgan fingerprint density at radius 1 is 1.26 bits per heavy atom. The van der Waals surface area contributed by atoms with Crippen molar-refractivity contribution >= 4 is 11.9 Å². The SMILES string of the molecule is CC(CN(C)C(=O)CCCC1CCCCC1)C(=O)O. The first-order valence-electron chi connectivity index (χ1n) is 7.47. The Morgan fingerprint density at radius 3 is 2.47 bits per heavy atom. The molecule has 1 unspecified atom stereocenters. The number of carboxylic acids is 1. The quantitative estimate of drug-likeness (QED) is 0.773. The van der Waals surface area contributed by atoms with Crippen LogP contribution in [0.15, 0.2) is 0 Å². The van der Waals surface area contributed by atoms with Crippen LogP contribution >= 0.6 is 0 Å². The minimum Gasteiger partial charge on any atom is -0.481 e. The number of hydrogen-bond acceptors (Lipinski definition) is 2. The molecule has 0 bridgehead atoms. The lowest BCUT2D eigenvalue weighted by molar-refractivity contribution is -0.142. The molecule has 4 heteroatoms. The molecule has 0 aliphatic heterocycles. The molecule has 1 atom stereocenters. The normalized spacial score (nSPS) is 18.0. The van der Waals surface area contributed by atoms with Crippen LogP contribution < -0.4 is 0 Å². The lowest BCUT2D eigenvalue weighted by Crippen LogP contribution is -2.33. The predicted molar refractivity (Wildman–Crippen MR) is 74.9 cm³/mol. The van der Waals surface area contributed by atoms with Crippen molar-refractivity contribution in [1.82, 2.24) is 4.90 Å². The molecular weight excluding hydrogens is 242 g/mol. The van der Waals surface area contributed by atoms with Crippen LogP contribution in [0, 0.1) is 11.8 Å². The molecule has 4 nitrogen and oxygen atoms in total. The Balaban J connectivity index is 2.17. The van der Waals surface area contributed by atoms with E-state index in [-0.39, 0.29) is 5.91 Å². The summed E-state index contributed by atoms with van der Waals surface area (Å²) in [7, 11) is 1.70. The van der Waals surface area contributed by atoms with Gasteiger partial charge in [-0.1, -0.05) is 39.0 Å². The summed E-state index contributed by atoms with van der Waals surface area (Å²) in [6.07, 6.45) is 9.33. The molecule has 0 aromatic heterocycles. The van der Waals surface area contributed by atoms with Gasteiger partial charge in [0.25, 0.3) is 0 Å². The van der Waals surface area contributed by atoms with Gasteiger partial charge in [0.05, 0.1) is 5.92 Å². The Bertz CT molecular complexity index is 298. The number of rotatable bonds is 7. The number of aliphatic carboxylic acids is 1. The van der Waals surface area contributed by atoms with Gasteiger partial charge in [-0.2, -0.15) is 0 Å². The number of carbonyl (C=O) groups is 2. The van der Waals surface area contributed by atoms with E-state index in [0.29, 0.717) is 13.0 Å². The third-order valence-corrected chi connectivity index (χ3v) is 4.12. The van der Waals surface area contributed by atoms with E-state index >= 15 is 0 Å². The van der Waals surface area contributed by atoms with Gasteiger partial charge in [0, 0.05) is 20.0 Å². The summed E-state index contributed by atoms with van der Waals surface area (Å²) in [6.45, 7) is 1.94. The molecule has 1 fully saturated rings. The van der Waals surface area contributed by atoms with E-state index in [1.54, 1.807) is 18.9 Å². The highest BCUT2D eigenvalue weighted by atomic mass is 16.4. The molecule has 0 saturated heterocycles. The van der Waals surface area contributed by atoms with Crippen LogP contribution in [-0.4, -0.2) is 35.5 Å². The summed E-state index contributed by atoms with van der Waals surface area (Å²) in [5.41, 5.74) is 0. The summed E-state index contributed by atoms with van der Waals surface area (Å²) in [5.74, 6) is -0.456. The van der Waals surface area contributed by atoms with Crippen molar-refractivity contribution < 1.29 is 14.7 Å². The minimum atomic E-state index is -0.846. The van der Waals surface area contributed by atoms with Crippen LogP contribution in [0.1, 0.15) is 58.3 Å².